The van der Waals surface area contributed by atoms with Gasteiger partial charge in [0.25, 0.3) is 0 Å². The summed E-state index contributed by atoms with van der Waals surface area (Å²) in [5.41, 5.74) is 0. The minimum absolute atomic E-state index is 0.639. The summed E-state index contributed by atoms with van der Waals surface area (Å²) in [6, 6.07) is 0. The first-order chi connectivity index (χ1) is 18.9. The van der Waals surface area contributed by atoms with Gasteiger partial charge in [0.2, 0.25) is 0 Å². The molecular weight excluding hydrogens is 472 g/mol. The molecular formula is C34H70O4. The Bertz CT molecular complexity index is 355. The van der Waals surface area contributed by atoms with Crippen molar-refractivity contribution < 1.29 is 18.9 Å². The molecule has 0 N–H and O–H groups in total. The van der Waals surface area contributed by atoms with Crippen LogP contribution in [0.15, 0.2) is 0 Å². The van der Waals surface area contributed by atoms with Gasteiger partial charge in [-0.15, -0.1) is 0 Å². The smallest absolute Gasteiger partial charge is 0.0701 e. The van der Waals surface area contributed by atoms with E-state index in [1.54, 1.807) is 0 Å². The zero-order chi connectivity index (χ0) is 27.5. The summed E-state index contributed by atoms with van der Waals surface area (Å²) in [5.74, 6) is 0. The summed E-state index contributed by atoms with van der Waals surface area (Å²) < 4.78 is 22.5. The molecule has 0 aromatic carbocycles. The molecule has 0 aliphatic carbocycles. The molecule has 0 fully saturated rings. The van der Waals surface area contributed by atoms with Crippen molar-refractivity contribution in [3.63, 3.8) is 0 Å². The second kappa shape index (κ2) is 36.8. The fourth-order valence-corrected chi connectivity index (χ4v) is 4.85. The average Bonchev–Trinajstić information content (AvgIpc) is 2.93. The van der Waals surface area contributed by atoms with Crippen LogP contribution >= 0.6 is 0 Å². The Hall–Kier alpha value is -0.160. The van der Waals surface area contributed by atoms with Crippen molar-refractivity contribution in [1.82, 2.24) is 0 Å². The standard InChI is InChI=1S/C34H70O4/c1-3-5-7-9-11-13-14-15-16-17-18-19-20-22-24-26-28-36-30-32-38-34-33-37-31-29-35-27-25-23-21-12-10-8-6-4-2/h3-34H2,1-2H3. The molecule has 0 spiro atoms. The van der Waals surface area contributed by atoms with Gasteiger partial charge in [-0.2, -0.15) is 0 Å². The van der Waals surface area contributed by atoms with E-state index in [1.807, 2.05) is 0 Å². The third kappa shape index (κ3) is 35.8. The lowest BCUT2D eigenvalue weighted by molar-refractivity contribution is -0.00248. The fourth-order valence-electron chi connectivity index (χ4n) is 4.85. The van der Waals surface area contributed by atoms with Crippen molar-refractivity contribution >= 4 is 0 Å². The molecule has 0 bridgehead atoms. The molecule has 0 heterocycles. The van der Waals surface area contributed by atoms with E-state index < -0.39 is 0 Å². The normalized spacial score (nSPS) is 11.5. The molecule has 230 valence electrons. The van der Waals surface area contributed by atoms with Crippen LogP contribution in [0.2, 0.25) is 0 Å². The number of ether oxygens (including phenoxy) is 4. The van der Waals surface area contributed by atoms with Gasteiger partial charge in [-0.3, -0.25) is 0 Å². The van der Waals surface area contributed by atoms with Crippen molar-refractivity contribution in [2.45, 2.75) is 168 Å². The van der Waals surface area contributed by atoms with E-state index >= 15 is 0 Å². The minimum atomic E-state index is 0.639. The molecule has 0 unspecified atom stereocenters. The average molecular weight is 543 g/mol. The molecule has 0 amide bonds. The maximum Gasteiger partial charge on any atom is 0.0701 e. The molecule has 0 atom stereocenters. The van der Waals surface area contributed by atoms with E-state index in [0.29, 0.717) is 39.6 Å². The van der Waals surface area contributed by atoms with Gasteiger partial charge in [-0.25, -0.2) is 0 Å². The van der Waals surface area contributed by atoms with E-state index in [2.05, 4.69) is 13.8 Å². The molecule has 0 rings (SSSR count). The number of hydrogen-bond acceptors (Lipinski definition) is 4. The number of hydrogen-bond donors (Lipinski definition) is 0. The minimum Gasteiger partial charge on any atom is -0.379 e. The summed E-state index contributed by atoms with van der Waals surface area (Å²) in [6.45, 7) is 10.3. The van der Waals surface area contributed by atoms with Gasteiger partial charge in [0.05, 0.1) is 39.6 Å². The maximum atomic E-state index is 5.69. The lowest BCUT2D eigenvalue weighted by Gasteiger charge is -2.08. The zero-order valence-electron chi connectivity index (χ0n) is 26.3. The second-order valence-electron chi connectivity index (χ2n) is 11.2. The van der Waals surface area contributed by atoms with Gasteiger partial charge in [-0.05, 0) is 12.8 Å². The van der Waals surface area contributed by atoms with Crippen LogP contribution in [0.1, 0.15) is 168 Å². The van der Waals surface area contributed by atoms with Gasteiger partial charge in [-0.1, -0.05) is 155 Å². The van der Waals surface area contributed by atoms with Crippen LogP contribution in [0, 0.1) is 0 Å². The highest BCUT2D eigenvalue weighted by molar-refractivity contribution is 4.50. The van der Waals surface area contributed by atoms with Crippen LogP contribution in [0.3, 0.4) is 0 Å². The van der Waals surface area contributed by atoms with Gasteiger partial charge in [0, 0.05) is 13.2 Å². The van der Waals surface area contributed by atoms with Gasteiger partial charge < -0.3 is 18.9 Å². The van der Waals surface area contributed by atoms with Crippen molar-refractivity contribution in [3.8, 4) is 0 Å². The second-order valence-corrected chi connectivity index (χ2v) is 11.2. The van der Waals surface area contributed by atoms with Gasteiger partial charge in [0.1, 0.15) is 0 Å². The van der Waals surface area contributed by atoms with Crippen LogP contribution in [0.4, 0.5) is 0 Å². The first-order valence-electron chi connectivity index (χ1n) is 17.2. The first kappa shape index (κ1) is 37.8. The number of unbranched alkanes of at least 4 members (excludes halogenated alkanes) is 22. The van der Waals surface area contributed by atoms with Crippen LogP contribution in [-0.4, -0.2) is 52.9 Å². The third-order valence-electron chi connectivity index (χ3n) is 7.40. The summed E-state index contributed by atoms with van der Waals surface area (Å²) >= 11 is 0. The zero-order valence-corrected chi connectivity index (χ0v) is 26.3. The molecule has 0 saturated carbocycles. The molecule has 0 aliphatic rings. The highest BCUT2D eigenvalue weighted by Gasteiger charge is 1.97. The monoisotopic (exact) mass is 543 g/mol. The molecule has 0 aromatic heterocycles. The Morgan fingerprint density at radius 1 is 0.211 bits per heavy atom. The molecule has 0 aliphatic heterocycles. The van der Waals surface area contributed by atoms with E-state index in [9.17, 15) is 0 Å². The lowest BCUT2D eigenvalue weighted by Crippen LogP contribution is -2.12. The Labute approximate surface area is 239 Å². The lowest BCUT2D eigenvalue weighted by atomic mass is 10.0. The van der Waals surface area contributed by atoms with Crippen LogP contribution in [0.5, 0.6) is 0 Å². The Balaban J connectivity index is 3.01. The quantitative estimate of drug-likeness (QED) is 0.0746. The summed E-state index contributed by atoms with van der Waals surface area (Å²) in [6.07, 6.45) is 33.2. The predicted octanol–water partition coefficient (Wildman–Crippen LogP) is 10.5. The Kier molecular flexibility index (Phi) is 36.7. The van der Waals surface area contributed by atoms with Crippen molar-refractivity contribution in [3.05, 3.63) is 0 Å². The molecule has 4 heteroatoms. The maximum absolute atomic E-state index is 5.69. The molecule has 0 saturated heterocycles. The highest BCUT2D eigenvalue weighted by atomic mass is 16.6. The van der Waals surface area contributed by atoms with Crippen molar-refractivity contribution in [2.75, 3.05) is 52.9 Å². The van der Waals surface area contributed by atoms with Crippen molar-refractivity contribution in [1.29, 1.82) is 0 Å². The molecule has 38 heavy (non-hydrogen) atoms. The van der Waals surface area contributed by atoms with E-state index in [0.717, 1.165) is 13.2 Å². The predicted molar refractivity (Wildman–Crippen MR) is 165 cm³/mol. The summed E-state index contributed by atoms with van der Waals surface area (Å²) in [5, 5.41) is 0. The van der Waals surface area contributed by atoms with Gasteiger partial charge >= 0.3 is 0 Å². The van der Waals surface area contributed by atoms with E-state index in [4.69, 9.17) is 18.9 Å². The first-order valence-corrected chi connectivity index (χ1v) is 17.2. The van der Waals surface area contributed by atoms with Crippen LogP contribution in [-0.2, 0) is 18.9 Å². The van der Waals surface area contributed by atoms with Crippen LogP contribution < -0.4 is 0 Å². The van der Waals surface area contributed by atoms with Crippen LogP contribution in [0.25, 0.3) is 0 Å². The Morgan fingerprint density at radius 3 is 0.632 bits per heavy atom. The largest absolute Gasteiger partial charge is 0.379 e. The van der Waals surface area contributed by atoms with E-state index in [1.165, 1.54) is 154 Å². The molecule has 4 nitrogen and oxygen atoms in total. The molecule has 0 aromatic rings. The fraction of sp³-hybridized carbons (Fsp3) is 1.00. The third-order valence-corrected chi connectivity index (χ3v) is 7.40. The van der Waals surface area contributed by atoms with Gasteiger partial charge in [0.15, 0.2) is 0 Å². The summed E-state index contributed by atoms with van der Waals surface area (Å²) in [4.78, 5) is 0. The summed E-state index contributed by atoms with van der Waals surface area (Å²) in [7, 11) is 0. The van der Waals surface area contributed by atoms with Crippen molar-refractivity contribution in [2.24, 2.45) is 0 Å². The topological polar surface area (TPSA) is 36.9 Å². The molecule has 0 radical (unpaired) electrons. The number of rotatable bonds is 35. The SMILES string of the molecule is CCCCCCCCCCCCCCCCCCOCCOCCOCCOCCCCCCCCCC. The highest BCUT2D eigenvalue weighted by Crippen LogP contribution is 2.14. The Morgan fingerprint density at radius 2 is 0.395 bits per heavy atom. The van der Waals surface area contributed by atoms with E-state index in [-0.39, 0.29) is 0 Å².